The summed E-state index contributed by atoms with van der Waals surface area (Å²) in [5, 5.41) is 8.97. The van der Waals surface area contributed by atoms with Gasteiger partial charge in [-0.05, 0) is 64.3 Å². The molecule has 0 radical (unpaired) electrons. The van der Waals surface area contributed by atoms with Crippen molar-refractivity contribution in [2.45, 2.75) is 38.5 Å². The van der Waals surface area contributed by atoms with Crippen LogP contribution in [0.2, 0.25) is 0 Å². The first-order valence-electron chi connectivity index (χ1n) is 11.7. The van der Waals surface area contributed by atoms with Crippen molar-refractivity contribution in [2.75, 3.05) is 13.7 Å². The molecule has 4 rings (SSSR count). The minimum atomic E-state index is -0.953. The highest BCUT2D eigenvalue weighted by molar-refractivity contribution is 8.26. The van der Waals surface area contributed by atoms with Crippen LogP contribution in [-0.2, 0) is 9.59 Å². The first-order chi connectivity index (χ1) is 16.8. The maximum absolute atomic E-state index is 12.9. The average molecular weight is 508 g/mol. The molecular weight excluding hydrogens is 478 g/mol. The number of carboxylic acid groups (broad SMARTS) is 1. The summed E-state index contributed by atoms with van der Waals surface area (Å²) in [6, 6.07) is 14.2. The van der Waals surface area contributed by atoms with Crippen LogP contribution in [0.5, 0.6) is 5.75 Å². The van der Waals surface area contributed by atoms with Crippen molar-refractivity contribution in [2.24, 2.45) is 5.92 Å². The summed E-state index contributed by atoms with van der Waals surface area (Å²) in [6.45, 7) is 6.81. The van der Waals surface area contributed by atoms with Crippen molar-refractivity contribution in [1.82, 2.24) is 4.90 Å². The van der Waals surface area contributed by atoms with Crippen molar-refractivity contribution in [3.05, 3.63) is 76.2 Å². The first-order valence-corrected chi connectivity index (χ1v) is 13.0. The zero-order valence-electron chi connectivity index (χ0n) is 20.0. The third-order valence-electron chi connectivity index (χ3n) is 6.82. The van der Waals surface area contributed by atoms with Crippen LogP contribution >= 0.6 is 24.0 Å². The number of aliphatic carboxylic acids is 1. The lowest BCUT2D eigenvalue weighted by molar-refractivity contribution is -0.137. The monoisotopic (exact) mass is 507 g/mol. The smallest absolute Gasteiger partial charge is 0.305 e. The number of thiocarbonyl (C=S) groups is 1. The molecule has 2 fully saturated rings. The summed E-state index contributed by atoms with van der Waals surface area (Å²) in [5.74, 6) is 0.623. The Morgan fingerprint density at radius 2 is 2.00 bits per heavy atom. The molecule has 1 N–H and O–H groups in total. The van der Waals surface area contributed by atoms with E-state index in [0.717, 1.165) is 34.4 Å². The number of carbonyl (C=O) groups is 2. The maximum Gasteiger partial charge on any atom is 0.305 e. The van der Waals surface area contributed by atoms with Gasteiger partial charge < -0.3 is 9.84 Å². The van der Waals surface area contributed by atoms with Gasteiger partial charge in [0.15, 0.2) is 0 Å². The molecular formula is C28H29NO4S2. The fourth-order valence-corrected chi connectivity index (χ4v) is 6.17. The van der Waals surface area contributed by atoms with Crippen LogP contribution in [0.1, 0.15) is 60.8 Å². The normalized spacial score (nSPS) is 21.1. The van der Waals surface area contributed by atoms with E-state index < -0.39 is 5.97 Å². The van der Waals surface area contributed by atoms with Crippen molar-refractivity contribution in [1.29, 1.82) is 0 Å². The van der Waals surface area contributed by atoms with Crippen LogP contribution in [0.3, 0.4) is 0 Å². The van der Waals surface area contributed by atoms with E-state index in [-0.39, 0.29) is 18.9 Å². The molecule has 1 saturated carbocycles. The highest BCUT2D eigenvalue weighted by Crippen LogP contribution is 2.43. The minimum absolute atomic E-state index is 0.0861. The molecule has 1 heterocycles. The van der Waals surface area contributed by atoms with E-state index in [4.69, 9.17) is 22.1 Å². The van der Waals surface area contributed by atoms with Crippen LogP contribution in [0.25, 0.3) is 11.6 Å². The molecule has 2 atom stereocenters. The van der Waals surface area contributed by atoms with Crippen LogP contribution in [0.15, 0.2) is 53.9 Å². The predicted molar refractivity (Wildman–Crippen MR) is 145 cm³/mol. The topological polar surface area (TPSA) is 66.8 Å². The Balaban J connectivity index is 1.67. The lowest BCUT2D eigenvalue weighted by Crippen LogP contribution is -2.30. The molecule has 1 saturated heterocycles. The molecule has 2 unspecified atom stereocenters. The van der Waals surface area contributed by atoms with Gasteiger partial charge in [-0.3, -0.25) is 14.5 Å². The fourth-order valence-electron chi connectivity index (χ4n) is 4.86. The summed E-state index contributed by atoms with van der Waals surface area (Å²) >= 11 is 6.56. The molecule has 1 aliphatic heterocycles. The zero-order chi connectivity index (χ0) is 25.1. The molecule has 1 amide bonds. The zero-order valence-corrected chi connectivity index (χ0v) is 21.6. The van der Waals surface area contributed by atoms with Gasteiger partial charge in [-0.1, -0.05) is 80.7 Å². The average Bonchev–Trinajstić information content (AvgIpc) is 3.39. The minimum Gasteiger partial charge on any atom is -0.497 e. The Bertz CT molecular complexity index is 1200. The van der Waals surface area contributed by atoms with Gasteiger partial charge >= 0.3 is 5.97 Å². The second-order valence-electron chi connectivity index (χ2n) is 9.05. The van der Waals surface area contributed by atoms with E-state index in [1.807, 2.05) is 36.4 Å². The van der Waals surface area contributed by atoms with Gasteiger partial charge in [0, 0.05) is 6.54 Å². The van der Waals surface area contributed by atoms with Gasteiger partial charge in [0.1, 0.15) is 10.1 Å². The summed E-state index contributed by atoms with van der Waals surface area (Å²) < 4.78 is 5.70. The maximum atomic E-state index is 12.9. The van der Waals surface area contributed by atoms with Crippen molar-refractivity contribution < 1.29 is 19.4 Å². The van der Waals surface area contributed by atoms with E-state index in [0.29, 0.717) is 21.1 Å². The van der Waals surface area contributed by atoms with E-state index in [2.05, 4.69) is 25.6 Å². The number of hydrogen-bond donors (Lipinski definition) is 1. The number of carboxylic acids is 1. The van der Waals surface area contributed by atoms with Crippen LogP contribution in [0.4, 0.5) is 0 Å². The van der Waals surface area contributed by atoms with Crippen molar-refractivity contribution in [3.63, 3.8) is 0 Å². The SMILES string of the molecule is C=C(c1ccc(OC)cc1)c1ccc(C=C2SC(=S)N(CCC(=O)O)C2=O)cc1C1CCCC1C. The van der Waals surface area contributed by atoms with Crippen molar-refractivity contribution >= 4 is 51.8 Å². The van der Waals surface area contributed by atoms with E-state index in [9.17, 15) is 9.59 Å². The molecule has 7 heteroatoms. The molecule has 0 aromatic heterocycles. The van der Waals surface area contributed by atoms with Gasteiger partial charge in [0.2, 0.25) is 0 Å². The molecule has 2 aliphatic rings. The number of thioether (sulfide) groups is 1. The lowest BCUT2D eigenvalue weighted by atomic mass is 9.83. The third-order valence-corrected chi connectivity index (χ3v) is 8.20. The fraction of sp³-hybridized carbons (Fsp3) is 0.321. The molecule has 2 aromatic carbocycles. The molecule has 35 heavy (non-hydrogen) atoms. The van der Waals surface area contributed by atoms with Gasteiger partial charge in [-0.2, -0.15) is 0 Å². The Morgan fingerprint density at radius 3 is 2.63 bits per heavy atom. The Hall–Kier alpha value is -2.90. The molecule has 2 aromatic rings. The van der Waals surface area contributed by atoms with Gasteiger partial charge in [0.05, 0.1) is 18.4 Å². The summed E-state index contributed by atoms with van der Waals surface area (Å²) in [7, 11) is 1.65. The van der Waals surface area contributed by atoms with Crippen LogP contribution in [0, 0.1) is 5.92 Å². The standard InChI is InChI=1S/C28H29NO4S2/c1-17-5-4-6-22(17)24-15-19(16-25-27(32)29(28(34)35-25)14-13-26(30)31)7-12-23(24)18(2)20-8-10-21(33-3)11-9-20/h7-12,15-17,22H,2,4-6,13-14H2,1,3H3,(H,30,31). The largest absolute Gasteiger partial charge is 0.497 e. The summed E-state index contributed by atoms with van der Waals surface area (Å²) in [5.41, 5.74) is 5.33. The van der Waals surface area contributed by atoms with Crippen LogP contribution in [-0.4, -0.2) is 39.9 Å². The summed E-state index contributed by atoms with van der Waals surface area (Å²) in [4.78, 5) is 25.7. The second kappa shape index (κ2) is 10.8. The molecule has 5 nitrogen and oxygen atoms in total. The number of benzene rings is 2. The summed E-state index contributed by atoms with van der Waals surface area (Å²) in [6.07, 6.45) is 5.26. The lowest BCUT2D eigenvalue weighted by Gasteiger charge is -2.22. The third kappa shape index (κ3) is 5.52. The van der Waals surface area contributed by atoms with Crippen molar-refractivity contribution in [3.8, 4) is 5.75 Å². The van der Waals surface area contributed by atoms with Crippen LogP contribution < -0.4 is 4.74 Å². The van der Waals surface area contributed by atoms with Gasteiger partial charge in [-0.25, -0.2) is 0 Å². The molecule has 0 spiro atoms. The highest BCUT2D eigenvalue weighted by atomic mass is 32.2. The van der Waals surface area contributed by atoms with Gasteiger partial charge in [0.25, 0.3) is 5.91 Å². The number of nitrogens with zero attached hydrogens (tertiary/aromatic N) is 1. The Labute approximate surface area is 215 Å². The number of methoxy groups -OCH3 is 1. The number of rotatable bonds is 8. The second-order valence-corrected chi connectivity index (χ2v) is 10.7. The quantitative estimate of drug-likeness (QED) is 0.332. The Kier molecular flexibility index (Phi) is 7.77. The Morgan fingerprint density at radius 1 is 1.26 bits per heavy atom. The van der Waals surface area contributed by atoms with E-state index in [1.54, 1.807) is 7.11 Å². The molecule has 182 valence electrons. The highest BCUT2D eigenvalue weighted by Gasteiger charge is 2.32. The van der Waals surface area contributed by atoms with Gasteiger partial charge in [-0.15, -0.1) is 0 Å². The van der Waals surface area contributed by atoms with E-state index >= 15 is 0 Å². The molecule has 0 bridgehead atoms. The predicted octanol–water partition coefficient (Wildman–Crippen LogP) is 6.34. The first kappa shape index (κ1) is 25.2. The number of carbonyl (C=O) groups excluding carboxylic acids is 1. The molecule has 1 aliphatic carbocycles. The van der Waals surface area contributed by atoms with E-state index in [1.165, 1.54) is 35.1 Å². The number of amides is 1. The number of hydrogen-bond acceptors (Lipinski definition) is 5. The number of ether oxygens (including phenoxy) is 1.